The summed E-state index contributed by atoms with van der Waals surface area (Å²) in [4.78, 5) is 7.09. The third kappa shape index (κ3) is 3.08. The smallest absolute Gasteiger partial charge is 0.422 e. The number of aromatic nitrogens is 2. The fourth-order valence-corrected chi connectivity index (χ4v) is 0.637. The molecule has 1 aromatic heterocycles. The van der Waals surface area contributed by atoms with Crippen molar-refractivity contribution in [2.45, 2.75) is 6.18 Å². The van der Waals surface area contributed by atoms with Crippen LogP contribution in [-0.4, -0.2) is 22.8 Å². The van der Waals surface area contributed by atoms with Crippen molar-refractivity contribution in [3.63, 3.8) is 0 Å². The van der Waals surface area contributed by atoms with E-state index in [0.717, 1.165) is 6.20 Å². The Morgan fingerprint density at radius 1 is 1.50 bits per heavy atom. The van der Waals surface area contributed by atoms with Crippen molar-refractivity contribution < 1.29 is 17.9 Å². The molecule has 0 aliphatic heterocycles. The highest BCUT2D eigenvalue weighted by molar-refractivity contribution is 5.37. The second kappa shape index (κ2) is 3.69. The average Bonchev–Trinajstić information content (AvgIpc) is 2.06. The summed E-state index contributed by atoms with van der Waals surface area (Å²) < 4.78 is 39.4. The fourth-order valence-electron chi connectivity index (χ4n) is 0.637. The molecule has 1 aromatic rings. The van der Waals surface area contributed by atoms with Crippen LogP contribution < -0.4 is 10.5 Å². The Morgan fingerprint density at radius 2 is 2.14 bits per heavy atom. The molecule has 1 radical (unpaired) electrons. The van der Waals surface area contributed by atoms with E-state index in [4.69, 9.17) is 5.73 Å². The lowest BCUT2D eigenvalue weighted by Crippen LogP contribution is -2.20. The quantitative estimate of drug-likeness (QED) is 0.789. The van der Waals surface area contributed by atoms with Gasteiger partial charge in [-0.05, 0) is 6.92 Å². The number of hydrogen-bond acceptors (Lipinski definition) is 4. The minimum Gasteiger partial charge on any atom is -0.467 e. The highest BCUT2D eigenvalue weighted by atomic mass is 19.4. The molecule has 77 valence electrons. The van der Waals surface area contributed by atoms with E-state index >= 15 is 0 Å². The summed E-state index contributed by atoms with van der Waals surface area (Å²) in [5.74, 6) is -0.322. The van der Waals surface area contributed by atoms with Gasteiger partial charge >= 0.3 is 6.18 Å². The number of ether oxygens (including phenoxy) is 1. The number of anilines is 1. The number of nitrogens with two attached hydrogens (primary N) is 1. The molecule has 0 saturated heterocycles. The van der Waals surface area contributed by atoms with Crippen LogP contribution in [0.4, 0.5) is 19.0 Å². The first-order chi connectivity index (χ1) is 6.38. The zero-order valence-corrected chi connectivity index (χ0v) is 7.01. The molecule has 0 aromatic carbocycles. The number of alkyl halides is 3. The van der Waals surface area contributed by atoms with Crippen LogP contribution in [0.2, 0.25) is 0 Å². The van der Waals surface area contributed by atoms with E-state index in [1.165, 1.54) is 0 Å². The van der Waals surface area contributed by atoms with Gasteiger partial charge in [0.1, 0.15) is 5.82 Å². The molecule has 0 unspecified atom stereocenters. The van der Waals surface area contributed by atoms with Crippen molar-refractivity contribution >= 4 is 5.82 Å². The summed E-state index contributed by atoms with van der Waals surface area (Å²) in [6.45, 7) is 1.97. The predicted octanol–water partition coefficient (Wildman–Crippen LogP) is 1.18. The molecule has 0 aliphatic carbocycles. The van der Waals surface area contributed by atoms with Crippen molar-refractivity contribution in [3.8, 4) is 5.88 Å². The first-order valence-corrected chi connectivity index (χ1v) is 3.52. The van der Waals surface area contributed by atoms with Gasteiger partial charge in [0, 0.05) is 0 Å². The maximum Gasteiger partial charge on any atom is 0.422 e. The minimum atomic E-state index is -4.40. The number of rotatable bonds is 2. The van der Waals surface area contributed by atoms with Crippen molar-refractivity contribution in [1.82, 2.24) is 9.97 Å². The topological polar surface area (TPSA) is 61.0 Å². The van der Waals surface area contributed by atoms with Crippen LogP contribution in [0.15, 0.2) is 6.20 Å². The van der Waals surface area contributed by atoms with E-state index in [-0.39, 0.29) is 17.4 Å². The van der Waals surface area contributed by atoms with Crippen molar-refractivity contribution in [1.29, 1.82) is 0 Å². The van der Waals surface area contributed by atoms with E-state index in [1.807, 2.05) is 0 Å². The second-order valence-corrected chi connectivity index (χ2v) is 2.44. The van der Waals surface area contributed by atoms with Gasteiger partial charge in [0.05, 0.1) is 11.9 Å². The third-order valence-electron chi connectivity index (χ3n) is 1.24. The average molecular weight is 206 g/mol. The van der Waals surface area contributed by atoms with Crippen LogP contribution in [0.25, 0.3) is 0 Å². The monoisotopic (exact) mass is 206 g/mol. The molecule has 14 heavy (non-hydrogen) atoms. The number of halogens is 3. The Balaban J connectivity index is 2.65. The summed E-state index contributed by atoms with van der Waals surface area (Å²) in [5.41, 5.74) is 5.46. The summed E-state index contributed by atoms with van der Waals surface area (Å²) in [6, 6.07) is 0. The Hall–Kier alpha value is -1.53. The Kier molecular flexibility index (Phi) is 2.78. The molecular formula is C7H7F3N3O. The maximum absolute atomic E-state index is 11.7. The number of nitrogens with zero attached hydrogens (tertiary/aromatic N) is 2. The van der Waals surface area contributed by atoms with E-state index in [0.29, 0.717) is 0 Å². The Morgan fingerprint density at radius 3 is 2.64 bits per heavy atom. The van der Waals surface area contributed by atoms with Crippen molar-refractivity contribution in [2.75, 3.05) is 12.3 Å². The largest absolute Gasteiger partial charge is 0.467 e. The molecule has 0 saturated carbocycles. The zero-order chi connectivity index (χ0) is 10.8. The van der Waals surface area contributed by atoms with E-state index < -0.39 is 12.8 Å². The lowest BCUT2D eigenvalue weighted by molar-refractivity contribution is -0.154. The third-order valence-corrected chi connectivity index (χ3v) is 1.24. The standard InChI is InChI=1S/C7H7F3N3O/c1-4-6(11)13-5(2-12-4)14-3-7(8,9)10/h2H,1,3H2,(H2,11,13). The van der Waals surface area contributed by atoms with E-state index in [9.17, 15) is 13.2 Å². The SMILES string of the molecule is [CH2]c1ncc(OCC(F)(F)F)nc1N. The molecule has 0 atom stereocenters. The first kappa shape index (κ1) is 10.6. The Bertz CT molecular complexity index is 326. The summed E-state index contributed by atoms with van der Waals surface area (Å²) in [5, 5.41) is 0. The normalized spacial score (nSPS) is 11.4. The number of nitrogen functional groups attached to an aromatic ring is 1. The lowest BCUT2D eigenvalue weighted by atomic mass is 10.4. The summed E-state index contributed by atoms with van der Waals surface area (Å²) >= 11 is 0. The van der Waals surface area contributed by atoms with E-state index in [2.05, 4.69) is 21.6 Å². The van der Waals surface area contributed by atoms with Gasteiger partial charge in [-0.1, -0.05) is 0 Å². The molecule has 0 bridgehead atoms. The molecular weight excluding hydrogens is 199 g/mol. The zero-order valence-electron chi connectivity index (χ0n) is 7.01. The predicted molar refractivity (Wildman–Crippen MR) is 42.5 cm³/mol. The summed E-state index contributed by atoms with van der Waals surface area (Å²) in [7, 11) is 0. The van der Waals surface area contributed by atoms with Crippen LogP contribution in [-0.2, 0) is 0 Å². The molecule has 0 amide bonds. The van der Waals surface area contributed by atoms with Gasteiger partial charge in [0.15, 0.2) is 6.61 Å². The molecule has 0 spiro atoms. The molecule has 1 rings (SSSR count). The fraction of sp³-hybridized carbons (Fsp3) is 0.286. The van der Waals surface area contributed by atoms with Crippen LogP contribution in [0.5, 0.6) is 5.88 Å². The summed E-state index contributed by atoms with van der Waals surface area (Å²) in [6.07, 6.45) is -3.37. The van der Waals surface area contributed by atoms with Gasteiger partial charge in [0.2, 0.25) is 5.88 Å². The van der Waals surface area contributed by atoms with Crippen LogP contribution >= 0.6 is 0 Å². The van der Waals surface area contributed by atoms with Gasteiger partial charge in [-0.25, -0.2) is 0 Å². The first-order valence-electron chi connectivity index (χ1n) is 3.52. The second-order valence-electron chi connectivity index (χ2n) is 2.44. The highest BCUT2D eigenvalue weighted by Crippen LogP contribution is 2.17. The van der Waals surface area contributed by atoms with Crippen molar-refractivity contribution in [3.05, 3.63) is 18.8 Å². The van der Waals surface area contributed by atoms with Gasteiger partial charge < -0.3 is 10.5 Å². The minimum absolute atomic E-state index is 0.0512. The van der Waals surface area contributed by atoms with Crippen LogP contribution in [0, 0.1) is 6.92 Å². The molecule has 2 N–H and O–H groups in total. The lowest BCUT2D eigenvalue weighted by Gasteiger charge is -2.08. The van der Waals surface area contributed by atoms with Gasteiger partial charge in [-0.3, -0.25) is 4.98 Å². The maximum atomic E-state index is 11.7. The van der Waals surface area contributed by atoms with Gasteiger partial charge in [-0.2, -0.15) is 18.2 Å². The van der Waals surface area contributed by atoms with Gasteiger partial charge in [0.25, 0.3) is 0 Å². The van der Waals surface area contributed by atoms with Crippen molar-refractivity contribution in [2.24, 2.45) is 0 Å². The molecule has 1 heterocycles. The van der Waals surface area contributed by atoms with Gasteiger partial charge in [-0.15, -0.1) is 0 Å². The van der Waals surface area contributed by atoms with Crippen LogP contribution in [0.3, 0.4) is 0 Å². The number of hydrogen-bond donors (Lipinski definition) is 1. The molecule has 4 nitrogen and oxygen atoms in total. The highest BCUT2D eigenvalue weighted by Gasteiger charge is 2.28. The Labute approximate surface area is 77.9 Å². The molecule has 0 aliphatic rings. The molecule has 7 heteroatoms. The van der Waals surface area contributed by atoms with E-state index in [1.54, 1.807) is 0 Å². The molecule has 0 fully saturated rings. The van der Waals surface area contributed by atoms with Crippen LogP contribution in [0.1, 0.15) is 5.69 Å².